The predicted molar refractivity (Wildman–Crippen MR) is 61.8 cm³/mol. The number of aryl methyl sites for hydroxylation is 2. The van der Waals surface area contributed by atoms with E-state index in [0.29, 0.717) is 11.4 Å². The maximum atomic E-state index is 9.06. The van der Waals surface area contributed by atoms with E-state index >= 15 is 0 Å². The van der Waals surface area contributed by atoms with Gasteiger partial charge in [-0.1, -0.05) is 0 Å². The zero-order valence-corrected chi connectivity index (χ0v) is 9.97. The molecule has 0 aliphatic carbocycles. The Balaban J connectivity index is 3.23. The van der Waals surface area contributed by atoms with E-state index in [1.54, 1.807) is 0 Å². The standard InChI is InChI=1S/C12H17N3/c1-8-6-9(2)14-11(10(8)7-13)15-12(3,4)5/h6H,1-5H3,(H,14,15). The first-order valence-electron chi connectivity index (χ1n) is 5.00. The molecule has 1 N–H and O–H groups in total. The number of nitrogens with one attached hydrogen (secondary N) is 1. The molecule has 0 unspecified atom stereocenters. The van der Waals surface area contributed by atoms with E-state index in [4.69, 9.17) is 5.26 Å². The van der Waals surface area contributed by atoms with Gasteiger partial charge in [0.15, 0.2) is 0 Å². The van der Waals surface area contributed by atoms with Gasteiger partial charge in [0, 0.05) is 11.2 Å². The summed E-state index contributed by atoms with van der Waals surface area (Å²) < 4.78 is 0. The Morgan fingerprint density at radius 3 is 2.40 bits per heavy atom. The summed E-state index contributed by atoms with van der Waals surface area (Å²) in [5.41, 5.74) is 2.45. The number of nitriles is 1. The number of pyridine rings is 1. The highest BCUT2D eigenvalue weighted by Crippen LogP contribution is 2.20. The number of aromatic nitrogens is 1. The molecule has 1 aromatic rings. The second-order valence-electron chi connectivity index (χ2n) is 4.79. The average molecular weight is 203 g/mol. The third-order valence-electron chi connectivity index (χ3n) is 1.95. The monoisotopic (exact) mass is 203 g/mol. The van der Waals surface area contributed by atoms with Crippen molar-refractivity contribution in [2.75, 3.05) is 5.32 Å². The third kappa shape index (κ3) is 2.95. The summed E-state index contributed by atoms with van der Waals surface area (Å²) in [6.07, 6.45) is 0. The smallest absolute Gasteiger partial charge is 0.144 e. The zero-order valence-electron chi connectivity index (χ0n) is 9.97. The summed E-state index contributed by atoms with van der Waals surface area (Å²) in [6.45, 7) is 10.0. The molecule has 3 heteroatoms. The highest BCUT2D eigenvalue weighted by atomic mass is 15.0. The number of rotatable bonds is 1. The van der Waals surface area contributed by atoms with Gasteiger partial charge in [-0.25, -0.2) is 4.98 Å². The predicted octanol–water partition coefficient (Wildman–Crippen LogP) is 2.78. The first-order valence-corrected chi connectivity index (χ1v) is 5.00. The Morgan fingerprint density at radius 2 is 1.93 bits per heavy atom. The summed E-state index contributed by atoms with van der Waals surface area (Å²) in [4.78, 5) is 4.36. The van der Waals surface area contributed by atoms with Gasteiger partial charge in [-0.15, -0.1) is 0 Å². The van der Waals surface area contributed by atoms with Crippen LogP contribution in [-0.2, 0) is 0 Å². The van der Waals surface area contributed by atoms with Crippen molar-refractivity contribution in [1.82, 2.24) is 4.98 Å². The summed E-state index contributed by atoms with van der Waals surface area (Å²) in [6, 6.07) is 4.11. The van der Waals surface area contributed by atoms with Gasteiger partial charge in [0.1, 0.15) is 11.9 Å². The van der Waals surface area contributed by atoms with Crippen LogP contribution in [0.25, 0.3) is 0 Å². The van der Waals surface area contributed by atoms with Crippen LogP contribution in [0.5, 0.6) is 0 Å². The van der Waals surface area contributed by atoms with Crippen LogP contribution in [0.15, 0.2) is 6.07 Å². The second kappa shape index (κ2) is 3.90. The van der Waals surface area contributed by atoms with Crippen LogP contribution < -0.4 is 5.32 Å². The van der Waals surface area contributed by atoms with Crippen LogP contribution in [0.1, 0.15) is 37.6 Å². The van der Waals surface area contributed by atoms with Gasteiger partial charge >= 0.3 is 0 Å². The minimum Gasteiger partial charge on any atom is -0.364 e. The Morgan fingerprint density at radius 1 is 1.33 bits per heavy atom. The fraction of sp³-hybridized carbons (Fsp3) is 0.500. The molecule has 0 aliphatic heterocycles. The quantitative estimate of drug-likeness (QED) is 0.763. The normalized spacial score (nSPS) is 10.9. The Hall–Kier alpha value is -1.56. The van der Waals surface area contributed by atoms with Gasteiger partial charge in [0.2, 0.25) is 0 Å². The molecule has 0 fully saturated rings. The van der Waals surface area contributed by atoms with E-state index in [1.165, 1.54) is 0 Å². The van der Waals surface area contributed by atoms with Gasteiger partial charge in [-0.05, 0) is 46.2 Å². The maximum absolute atomic E-state index is 9.06. The van der Waals surface area contributed by atoms with Crippen LogP contribution in [0.4, 0.5) is 5.82 Å². The number of nitrogens with zero attached hydrogens (tertiary/aromatic N) is 2. The van der Waals surface area contributed by atoms with Gasteiger partial charge < -0.3 is 5.32 Å². The first-order chi connectivity index (χ1) is 6.83. The zero-order chi connectivity index (χ0) is 11.6. The fourth-order valence-electron chi connectivity index (χ4n) is 1.42. The number of hydrogen-bond donors (Lipinski definition) is 1. The van der Waals surface area contributed by atoms with Crippen molar-refractivity contribution in [1.29, 1.82) is 5.26 Å². The molecule has 0 bridgehead atoms. The van der Waals surface area contributed by atoms with E-state index in [9.17, 15) is 0 Å². The molecule has 0 radical (unpaired) electrons. The minimum atomic E-state index is -0.0845. The van der Waals surface area contributed by atoms with Gasteiger partial charge in [0.05, 0.1) is 5.56 Å². The summed E-state index contributed by atoms with van der Waals surface area (Å²) in [5.74, 6) is 0.683. The molecule has 80 valence electrons. The lowest BCUT2D eigenvalue weighted by atomic mass is 10.1. The molecular weight excluding hydrogens is 186 g/mol. The number of hydrogen-bond acceptors (Lipinski definition) is 3. The van der Waals surface area contributed by atoms with E-state index in [-0.39, 0.29) is 5.54 Å². The molecule has 0 aliphatic rings. The topological polar surface area (TPSA) is 48.7 Å². The Bertz CT molecular complexity index is 408. The molecule has 0 spiro atoms. The molecule has 0 atom stereocenters. The number of anilines is 1. The van der Waals surface area contributed by atoms with Crippen LogP contribution in [0, 0.1) is 25.2 Å². The van der Waals surface area contributed by atoms with Crippen LogP contribution in [0.2, 0.25) is 0 Å². The molecule has 15 heavy (non-hydrogen) atoms. The molecule has 0 saturated carbocycles. The van der Waals surface area contributed by atoms with Crippen molar-refractivity contribution in [3.8, 4) is 6.07 Å². The van der Waals surface area contributed by atoms with Crippen LogP contribution in [-0.4, -0.2) is 10.5 Å². The highest BCUT2D eigenvalue weighted by Gasteiger charge is 2.15. The van der Waals surface area contributed by atoms with Crippen LogP contribution in [0.3, 0.4) is 0 Å². The van der Waals surface area contributed by atoms with Crippen molar-refractivity contribution < 1.29 is 0 Å². The average Bonchev–Trinajstić information content (AvgIpc) is 1.99. The maximum Gasteiger partial charge on any atom is 0.144 e. The molecule has 1 rings (SSSR count). The third-order valence-corrected chi connectivity index (χ3v) is 1.95. The molecular formula is C12H17N3. The van der Waals surface area contributed by atoms with Crippen molar-refractivity contribution in [2.45, 2.75) is 40.2 Å². The largest absolute Gasteiger partial charge is 0.364 e. The Labute approximate surface area is 91.1 Å². The lowest BCUT2D eigenvalue weighted by Gasteiger charge is -2.22. The van der Waals surface area contributed by atoms with E-state index in [2.05, 4.69) is 16.4 Å². The molecule has 1 heterocycles. The van der Waals surface area contributed by atoms with E-state index < -0.39 is 0 Å². The first kappa shape index (κ1) is 11.5. The molecule has 1 aromatic heterocycles. The van der Waals surface area contributed by atoms with Crippen molar-refractivity contribution >= 4 is 5.82 Å². The fourth-order valence-corrected chi connectivity index (χ4v) is 1.42. The molecule has 0 amide bonds. The minimum absolute atomic E-state index is 0.0845. The van der Waals surface area contributed by atoms with Gasteiger partial charge in [-0.2, -0.15) is 5.26 Å². The second-order valence-corrected chi connectivity index (χ2v) is 4.79. The lowest BCUT2D eigenvalue weighted by molar-refractivity contribution is 0.629. The van der Waals surface area contributed by atoms with Gasteiger partial charge in [0.25, 0.3) is 0 Å². The SMILES string of the molecule is Cc1cc(C)c(C#N)c(NC(C)(C)C)n1. The van der Waals surface area contributed by atoms with E-state index in [1.807, 2.05) is 40.7 Å². The van der Waals surface area contributed by atoms with Gasteiger partial charge in [-0.3, -0.25) is 0 Å². The Kier molecular flexibility index (Phi) is 2.99. The molecule has 0 saturated heterocycles. The summed E-state index contributed by atoms with van der Waals surface area (Å²) in [5, 5.41) is 12.3. The summed E-state index contributed by atoms with van der Waals surface area (Å²) >= 11 is 0. The van der Waals surface area contributed by atoms with Crippen molar-refractivity contribution in [3.05, 3.63) is 22.9 Å². The summed E-state index contributed by atoms with van der Waals surface area (Å²) in [7, 11) is 0. The van der Waals surface area contributed by atoms with Crippen LogP contribution >= 0.6 is 0 Å². The highest BCUT2D eigenvalue weighted by molar-refractivity contribution is 5.57. The lowest BCUT2D eigenvalue weighted by Crippen LogP contribution is -2.27. The molecule has 3 nitrogen and oxygen atoms in total. The van der Waals surface area contributed by atoms with Crippen molar-refractivity contribution in [3.63, 3.8) is 0 Å². The van der Waals surface area contributed by atoms with Crippen molar-refractivity contribution in [2.24, 2.45) is 0 Å². The molecule has 0 aromatic carbocycles. The van der Waals surface area contributed by atoms with E-state index in [0.717, 1.165) is 11.3 Å².